The molecule has 5 rings (SSSR count). The van der Waals surface area contributed by atoms with Crippen molar-refractivity contribution in [2.75, 3.05) is 19.7 Å². The zero-order chi connectivity index (χ0) is 21.9. The molecule has 3 aromatic heterocycles. The number of hydrogen-bond acceptors (Lipinski definition) is 5. The van der Waals surface area contributed by atoms with E-state index in [1.54, 1.807) is 18.3 Å². The van der Waals surface area contributed by atoms with Crippen LogP contribution in [0.15, 0.2) is 53.7 Å². The van der Waals surface area contributed by atoms with E-state index in [-0.39, 0.29) is 17.5 Å². The van der Waals surface area contributed by atoms with Crippen LogP contribution < -0.4 is 10.9 Å². The highest BCUT2D eigenvalue weighted by Crippen LogP contribution is 2.22. The van der Waals surface area contributed by atoms with Gasteiger partial charge in [0, 0.05) is 42.7 Å². The summed E-state index contributed by atoms with van der Waals surface area (Å²) in [7, 11) is 0. The number of halogens is 1. The number of nitrogens with zero attached hydrogens (tertiary/aromatic N) is 2. The van der Waals surface area contributed by atoms with Crippen molar-refractivity contribution in [1.82, 2.24) is 25.3 Å². The second-order valence-electron chi connectivity index (χ2n) is 8.04. The highest BCUT2D eigenvalue weighted by atomic mass is 19.1. The predicted octanol–water partition coefficient (Wildman–Crippen LogP) is 2.77. The Hall–Kier alpha value is -3.36. The summed E-state index contributed by atoms with van der Waals surface area (Å²) < 4.78 is 20.3. The van der Waals surface area contributed by atoms with Gasteiger partial charge in [-0.15, -0.1) is 0 Å². The first-order valence-electron chi connectivity index (χ1n) is 10.8. The normalized spacial score (nSPS) is 16.5. The van der Waals surface area contributed by atoms with Gasteiger partial charge in [0.05, 0.1) is 24.4 Å². The van der Waals surface area contributed by atoms with E-state index in [9.17, 15) is 9.18 Å². The van der Waals surface area contributed by atoms with E-state index in [1.807, 2.05) is 24.3 Å². The molecule has 0 aliphatic carbocycles. The third kappa shape index (κ3) is 4.46. The van der Waals surface area contributed by atoms with Crippen molar-refractivity contribution in [3.63, 3.8) is 0 Å². The monoisotopic (exact) mass is 433 g/mol. The quantitative estimate of drug-likeness (QED) is 0.435. The zero-order valence-electron chi connectivity index (χ0n) is 17.5. The standard InChI is InChI=1S/C24H24FN5O2/c25-21-9-15(1-3-16(21)11-19-13-26-7-8-32-19)2-4-18-10-17(5-6-27-18)22-12-20-23(30-22)28-14-29-24(20)31/h1,3,5-6,9-10,12,14,19,26H,2,4,7-8,11,13H2,(H2,28,29,30,31). The minimum atomic E-state index is -0.186. The number of fused-ring (bicyclic) bond motifs is 1. The highest BCUT2D eigenvalue weighted by molar-refractivity contribution is 5.82. The maximum absolute atomic E-state index is 14.6. The SMILES string of the molecule is O=c1[nH]cnc2[nH]c(-c3ccnc(CCc4ccc(CC5CNCCO5)c(F)c4)c3)cc12. The topological polar surface area (TPSA) is 95.7 Å². The molecule has 32 heavy (non-hydrogen) atoms. The molecule has 0 radical (unpaired) electrons. The molecule has 4 heterocycles. The number of benzene rings is 1. The number of rotatable bonds is 6. The van der Waals surface area contributed by atoms with E-state index in [2.05, 4.69) is 25.3 Å². The molecule has 4 aromatic rings. The fourth-order valence-electron chi connectivity index (χ4n) is 4.07. The van der Waals surface area contributed by atoms with E-state index in [1.165, 1.54) is 6.33 Å². The van der Waals surface area contributed by atoms with Crippen LogP contribution >= 0.6 is 0 Å². The first-order valence-corrected chi connectivity index (χ1v) is 10.8. The molecule has 1 aliphatic heterocycles. The lowest BCUT2D eigenvalue weighted by Crippen LogP contribution is -2.39. The van der Waals surface area contributed by atoms with E-state index in [4.69, 9.17) is 4.74 Å². The maximum Gasteiger partial charge on any atom is 0.260 e. The molecule has 1 aromatic carbocycles. The fraction of sp³-hybridized carbons (Fsp3) is 0.292. The van der Waals surface area contributed by atoms with Gasteiger partial charge in [-0.1, -0.05) is 12.1 Å². The van der Waals surface area contributed by atoms with Gasteiger partial charge in [0.2, 0.25) is 0 Å². The lowest BCUT2D eigenvalue weighted by Gasteiger charge is -2.23. The van der Waals surface area contributed by atoms with Crippen LogP contribution in [0.5, 0.6) is 0 Å². The molecule has 7 nitrogen and oxygen atoms in total. The molecule has 1 atom stereocenters. The van der Waals surface area contributed by atoms with Crippen molar-refractivity contribution >= 4 is 11.0 Å². The number of nitrogens with one attached hydrogen (secondary N) is 3. The molecule has 1 fully saturated rings. The van der Waals surface area contributed by atoms with Crippen molar-refractivity contribution in [2.24, 2.45) is 0 Å². The summed E-state index contributed by atoms with van der Waals surface area (Å²) in [6.07, 6.45) is 5.09. The molecule has 1 aliphatic rings. The maximum atomic E-state index is 14.6. The number of ether oxygens (including phenoxy) is 1. The minimum absolute atomic E-state index is 0.0199. The summed E-state index contributed by atoms with van der Waals surface area (Å²) in [5.41, 5.74) is 4.62. The van der Waals surface area contributed by atoms with E-state index >= 15 is 0 Å². The molecule has 8 heteroatoms. The van der Waals surface area contributed by atoms with Crippen molar-refractivity contribution in [3.05, 3.63) is 81.9 Å². The summed E-state index contributed by atoms with van der Waals surface area (Å²) >= 11 is 0. The van der Waals surface area contributed by atoms with Crippen molar-refractivity contribution in [1.29, 1.82) is 0 Å². The van der Waals surface area contributed by atoms with Crippen LogP contribution in [0.3, 0.4) is 0 Å². The van der Waals surface area contributed by atoms with Crippen molar-refractivity contribution in [2.45, 2.75) is 25.4 Å². The number of hydrogen-bond donors (Lipinski definition) is 3. The molecule has 3 N–H and O–H groups in total. The lowest BCUT2D eigenvalue weighted by molar-refractivity contribution is 0.0287. The smallest absolute Gasteiger partial charge is 0.260 e. The van der Waals surface area contributed by atoms with Crippen LogP contribution in [0.4, 0.5) is 4.39 Å². The van der Waals surface area contributed by atoms with Gasteiger partial charge in [-0.3, -0.25) is 9.78 Å². The van der Waals surface area contributed by atoms with Gasteiger partial charge in [-0.25, -0.2) is 9.37 Å². The lowest BCUT2D eigenvalue weighted by atomic mass is 10.0. The summed E-state index contributed by atoms with van der Waals surface area (Å²) in [6.45, 7) is 2.27. The molecule has 0 bridgehead atoms. The Morgan fingerprint density at radius 2 is 2.06 bits per heavy atom. The van der Waals surface area contributed by atoms with E-state index < -0.39 is 0 Å². The van der Waals surface area contributed by atoms with Gasteiger partial charge in [0.1, 0.15) is 11.5 Å². The van der Waals surface area contributed by atoms with Gasteiger partial charge in [-0.05, 0) is 48.2 Å². The fourth-order valence-corrected chi connectivity index (χ4v) is 4.07. The highest BCUT2D eigenvalue weighted by Gasteiger charge is 2.16. The molecule has 0 amide bonds. The summed E-state index contributed by atoms with van der Waals surface area (Å²) in [4.78, 5) is 26.3. The molecule has 0 saturated carbocycles. The number of aryl methyl sites for hydroxylation is 2. The second kappa shape index (κ2) is 9.02. The van der Waals surface area contributed by atoms with Crippen LogP contribution in [-0.2, 0) is 24.0 Å². The largest absolute Gasteiger partial charge is 0.375 e. The number of pyridine rings is 1. The Kier molecular flexibility index (Phi) is 5.79. The van der Waals surface area contributed by atoms with Crippen LogP contribution in [0.25, 0.3) is 22.3 Å². The van der Waals surface area contributed by atoms with E-state index in [0.717, 1.165) is 35.6 Å². The summed E-state index contributed by atoms with van der Waals surface area (Å²) in [5.74, 6) is -0.186. The number of H-pyrrole nitrogens is 2. The third-order valence-corrected chi connectivity index (χ3v) is 5.80. The summed E-state index contributed by atoms with van der Waals surface area (Å²) in [5, 5.41) is 3.79. The van der Waals surface area contributed by atoms with Gasteiger partial charge in [0.25, 0.3) is 5.56 Å². The summed E-state index contributed by atoms with van der Waals surface area (Å²) in [6, 6.07) is 11.1. The van der Waals surface area contributed by atoms with E-state index in [0.29, 0.717) is 42.5 Å². The van der Waals surface area contributed by atoms with Crippen LogP contribution in [-0.4, -0.2) is 45.7 Å². The molecule has 0 spiro atoms. The Labute approximate surface area is 184 Å². The number of morpholine rings is 1. The Bertz CT molecular complexity index is 1290. The van der Waals surface area contributed by atoms with Gasteiger partial charge >= 0.3 is 0 Å². The van der Waals surface area contributed by atoms with Crippen molar-refractivity contribution < 1.29 is 9.13 Å². The zero-order valence-corrected chi connectivity index (χ0v) is 17.5. The molecule has 1 saturated heterocycles. The molecule has 164 valence electrons. The Morgan fingerprint density at radius 1 is 1.12 bits per heavy atom. The first kappa shape index (κ1) is 20.5. The Morgan fingerprint density at radius 3 is 2.88 bits per heavy atom. The average molecular weight is 433 g/mol. The third-order valence-electron chi connectivity index (χ3n) is 5.80. The van der Waals surface area contributed by atoms with Crippen molar-refractivity contribution in [3.8, 4) is 11.3 Å². The Balaban J connectivity index is 1.27. The van der Waals surface area contributed by atoms with Gasteiger partial charge in [-0.2, -0.15) is 0 Å². The predicted molar refractivity (Wildman–Crippen MR) is 120 cm³/mol. The molecular weight excluding hydrogens is 409 g/mol. The van der Waals surface area contributed by atoms with Gasteiger partial charge < -0.3 is 20.0 Å². The van der Waals surface area contributed by atoms with Crippen LogP contribution in [0, 0.1) is 5.82 Å². The molecular formula is C24H24FN5O2. The molecule has 1 unspecified atom stereocenters. The average Bonchev–Trinajstić information content (AvgIpc) is 3.26. The van der Waals surface area contributed by atoms with Crippen LogP contribution in [0.2, 0.25) is 0 Å². The van der Waals surface area contributed by atoms with Crippen LogP contribution in [0.1, 0.15) is 16.8 Å². The second-order valence-corrected chi connectivity index (χ2v) is 8.04. The first-order chi connectivity index (χ1) is 15.7. The number of aromatic nitrogens is 4. The number of aromatic amines is 2. The van der Waals surface area contributed by atoms with Gasteiger partial charge in [0.15, 0.2) is 0 Å². The minimum Gasteiger partial charge on any atom is -0.375 e.